The molecule has 0 aromatic carbocycles. The molecule has 0 saturated carbocycles. The van der Waals surface area contributed by atoms with Crippen molar-refractivity contribution in [2.75, 3.05) is 0 Å². The van der Waals surface area contributed by atoms with E-state index in [0.717, 1.165) is 6.42 Å². The van der Waals surface area contributed by atoms with Crippen LogP contribution in [0.15, 0.2) is 24.4 Å². The van der Waals surface area contributed by atoms with Gasteiger partial charge in [-0.25, -0.2) is 0 Å². The summed E-state index contributed by atoms with van der Waals surface area (Å²) in [5.74, 6) is 0. The first kappa shape index (κ1) is 6.40. The maximum absolute atomic E-state index is 3.17. The maximum atomic E-state index is 3.17. The summed E-state index contributed by atoms with van der Waals surface area (Å²) in [6.07, 6.45) is 10.5. The van der Waals surface area contributed by atoms with Gasteiger partial charge in [0.1, 0.15) is 0 Å². The van der Waals surface area contributed by atoms with Crippen molar-refractivity contribution in [3.05, 3.63) is 30.5 Å². The number of rotatable bonds is 2. The molecule has 0 aromatic heterocycles. The Bertz CT molecular complexity index is 125. The molecule has 1 aliphatic heterocycles. The Morgan fingerprint density at radius 2 is 2.33 bits per heavy atom. The normalized spacial score (nSPS) is 17.9. The average molecular weight is 122 g/mol. The van der Waals surface area contributed by atoms with E-state index in [1.54, 1.807) is 0 Å². The van der Waals surface area contributed by atoms with Gasteiger partial charge in [0.15, 0.2) is 0 Å². The van der Waals surface area contributed by atoms with Crippen LogP contribution in [0, 0.1) is 6.04 Å². The first-order chi connectivity index (χ1) is 4.43. The van der Waals surface area contributed by atoms with Crippen molar-refractivity contribution < 1.29 is 0 Å². The smallest absolute Gasteiger partial charge is 0.0820 e. The van der Waals surface area contributed by atoms with Crippen molar-refractivity contribution in [1.82, 2.24) is 5.32 Å². The predicted molar refractivity (Wildman–Crippen MR) is 39.6 cm³/mol. The van der Waals surface area contributed by atoms with Crippen molar-refractivity contribution in [2.24, 2.45) is 0 Å². The lowest BCUT2D eigenvalue weighted by Crippen LogP contribution is -2.13. The number of allylic oxidation sites excluding steroid dienone is 2. The van der Waals surface area contributed by atoms with E-state index in [0.29, 0.717) is 0 Å². The third-order valence-electron chi connectivity index (χ3n) is 1.29. The molecule has 49 valence electrons. The molecule has 1 nitrogen and oxygen atoms in total. The molecule has 0 fully saturated rings. The molecule has 0 bridgehead atoms. The zero-order chi connectivity index (χ0) is 6.53. The molecule has 1 heterocycles. The summed E-state index contributed by atoms with van der Waals surface area (Å²) in [5.41, 5.74) is 0. The van der Waals surface area contributed by atoms with Crippen molar-refractivity contribution in [3.8, 4) is 0 Å². The van der Waals surface area contributed by atoms with E-state index in [9.17, 15) is 0 Å². The van der Waals surface area contributed by atoms with E-state index in [1.165, 1.54) is 12.5 Å². The van der Waals surface area contributed by atoms with Crippen molar-refractivity contribution in [2.45, 2.75) is 19.8 Å². The van der Waals surface area contributed by atoms with Gasteiger partial charge in [-0.1, -0.05) is 25.5 Å². The van der Waals surface area contributed by atoms with E-state index in [1.807, 2.05) is 12.3 Å². The third-order valence-corrected chi connectivity index (χ3v) is 1.29. The van der Waals surface area contributed by atoms with Crippen LogP contribution in [0.1, 0.15) is 19.8 Å². The molecule has 1 heteroatoms. The van der Waals surface area contributed by atoms with Gasteiger partial charge in [0.25, 0.3) is 0 Å². The van der Waals surface area contributed by atoms with E-state index >= 15 is 0 Å². The number of nitrogens with one attached hydrogen (secondary N) is 1. The molecule has 0 spiro atoms. The van der Waals surface area contributed by atoms with Crippen LogP contribution in [-0.2, 0) is 0 Å². The van der Waals surface area contributed by atoms with Crippen LogP contribution in [0.4, 0.5) is 0 Å². The second-order valence-corrected chi connectivity index (χ2v) is 2.14. The molecule has 0 amide bonds. The highest BCUT2D eigenvalue weighted by Gasteiger charge is 2.01. The summed E-state index contributed by atoms with van der Waals surface area (Å²) < 4.78 is 0. The SMILES string of the molecule is CCC[C]1C=CC=CN1. The van der Waals surface area contributed by atoms with E-state index in [2.05, 4.69) is 24.4 Å². The largest absolute Gasteiger partial charge is 0.379 e. The highest BCUT2D eigenvalue weighted by Crippen LogP contribution is 2.08. The molecule has 0 aliphatic carbocycles. The van der Waals surface area contributed by atoms with E-state index < -0.39 is 0 Å². The van der Waals surface area contributed by atoms with Gasteiger partial charge in [0, 0.05) is 0 Å². The Labute approximate surface area is 56.5 Å². The van der Waals surface area contributed by atoms with Gasteiger partial charge in [0.05, 0.1) is 6.04 Å². The minimum Gasteiger partial charge on any atom is -0.379 e. The fourth-order valence-corrected chi connectivity index (χ4v) is 0.855. The lowest BCUT2D eigenvalue weighted by Gasteiger charge is -2.12. The summed E-state index contributed by atoms with van der Waals surface area (Å²) in [6.45, 7) is 2.18. The summed E-state index contributed by atoms with van der Waals surface area (Å²) in [7, 11) is 0. The van der Waals surface area contributed by atoms with Crippen molar-refractivity contribution in [1.29, 1.82) is 0 Å². The number of hydrogen-bond acceptors (Lipinski definition) is 1. The average Bonchev–Trinajstić information content (AvgIpc) is 1.91. The summed E-state index contributed by atoms with van der Waals surface area (Å²) in [5, 5.41) is 3.17. The van der Waals surface area contributed by atoms with Gasteiger partial charge in [-0.15, -0.1) is 0 Å². The molecular weight excluding hydrogens is 110 g/mol. The van der Waals surface area contributed by atoms with Crippen LogP contribution >= 0.6 is 0 Å². The second-order valence-electron chi connectivity index (χ2n) is 2.14. The Morgan fingerprint density at radius 3 is 2.89 bits per heavy atom. The molecule has 1 N–H and O–H groups in total. The monoisotopic (exact) mass is 122 g/mol. The Morgan fingerprint density at radius 1 is 1.44 bits per heavy atom. The lowest BCUT2D eigenvalue weighted by molar-refractivity contribution is 0.752. The van der Waals surface area contributed by atoms with Crippen LogP contribution in [0.2, 0.25) is 0 Å². The van der Waals surface area contributed by atoms with Gasteiger partial charge in [-0.05, 0) is 18.7 Å². The minimum absolute atomic E-state index is 1.15. The Kier molecular flexibility index (Phi) is 2.37. The number of hydrogen-bond donors (Lipinski definition) is 1. The summed E-state index contributed by atoms with van der Waals surface area (Å²) in [6, 6.07) is 1.32. The lowest BCUT2D eigenvalue weighted by atomic mass is 10.1. The van der Waals surface area contributed by atoms with Gasteiger partial charge in [-0.3, -0.25) is 0 Å². The van der Waals surface area contributed by atoms with Gasteiger partial charge in [-0.2, -0.15) is 0 Å². The van der Waals surface area contributed by atoms with E-state index in [4.69, 9.17) is 0 Å². The molecule has 9 heavy (non-hydrogen) atoms. The standard InChI is InChI=1S/C8H12N/c1-2-5-8-6-3-4-7-9-8/h3-4,6-7,9H,2,5H2,1H3. The van der Waals surface area contributed by atoms with Crippen molar-refractivity contribution >= 4 is 0 Å². The van der Waals surface area contributed by atoms with Crippen LogP contribution < -0.4 is 5.32 Å². The molecule has 1 radical (unpaired) electrons. The van der Waals surface area contributed by atoms with Crippen LogP contribution in [-0.4, -0.2) is 0 Å². The summed E-state index contributed by atoms with van der Waals surface area (Å²) in [4.78, 5) is 0. The zero-order valence-corrected chi connectivity index (χ0v) is 5.72. The van der Waals surface area contributed by atoms with Gasteiger partial charge < -0.3 is 5.32 Å². The highest BCUT2D eigenvalue weighted by molar-refractivity contribution is 5.20. The summed E-state index contributed by atoms with van der Waals surface area (Å²) >= 11 is 0. The third kappa shape index (κ3) is 1.92. The second kappa shape index (κ2) is 3.33. The molecule has 0 atom stereocenters. The molecule has 0 saturated heterocycles. The highest BCUT2D eigenvalue weighted by atomic mass is 14.9. The Hall–Kier alpha value is -0.720. The predicted octanol–water partition coefficient (Wildman–Crippen LogP) is 1.99. The molecule has 1 aliphatic rings. The first-order valence-electron chi connectivity index (χ1n) is 3.39. The maximum Gasteiger partial charge on any atom is 0.0820 e. The fourth-order valence-electron chi connectivity index (χ4n) is 0.855. The van der Waals surface area contributed by atoms with Crippen molar-refractivity contribution in [3.63, 3.8) is 0 Å². The van der Waals surface area contributed by atoms with E-state index in [-0.39, 0.29) is 0 Å². The molecule has 0 aromatic rings. The molecule has 0 unspecified atom stereocenters. The quantitative estimate of drug-likeness (QED) is 0.590. The van der Waals surface area contributed by atoms with Crippen LogP contribution in [0.5, 0.6) is 0 Å². The first-order valence-corrected chi connectivity index (χ1v) is 3.39. The zero-order valence-electron chi connectivity index (χ0n) is 5.72. The number of dihydropyridines is 1. The fraction of sp³-hybridized carbons (Fsp3) is 0.375. The van der Waals surface area contributed by atoms with Crippen LogP contribution in [0.3, 0.4) is 0 Å². The Balaban J connectivity index is 2.28. The molecular formula is C8H12N. The van der Waals surface area contributed by atoms with Crippen LogP contribution in [0.25, 0.3) is 0 Å². The van der Waals surface area contributed by atoms with Gasteiger partial charge in [0.2, 0.25) is 0 Å². The molecule has 1 rings (SSSR count). The minimum atomic E-state index is 1.15. The topological polar surface area (TPSA) is 12.0 Å². The van der Waals surface area contributed by atoms with Gasteiger partial charge >= 0.3 is 0 Å².